The molecule has 0 aliphatic carbocycles. The van der Waals surface area contributed by atoms with Gasteiger partial charge in [0, 0.05) is 32.4 Å². The lowest BCUT2D eigenvalue weighted by Gasteiger charge is -2.13. The van der Waals surface area contributed by atoms with Gasteiger partial charge in [-0.3, -0.25) is 4.79 Å². The van der Waals surface area contributed by atoms with Crippen molar-refractivity contribution in [2.24, 2.45) is 5.92 Å². The Morgan fingerprint density at radius 3 is 2.72 bits per heavy atom. The molecule has 96 valence electrons. The number of hydrogen-bond acceptors (Lipinski definition) is 3. The molecule has 0 unspecified atom stereocenters. The molecule has 0 atom stereocenters. The molecule has 0 fully saturated rings. The Balaban J connectivity index is 2.59. The number of carbonyl (C=O) groups excluding carboxylic acids is 1. The highest BCUT2D eigenvalue weighted by Gasteiger charge is 2.12. The third kappa shape index (κ3) is 2.23. The van der Waals surface area contributed by atoms with E-state index < -0.39 is 0 Å². The normalized spacial score (nSPS) is 11.2. The molecule has 2 rings (SSSR count). The molecule has 0 radical (unpaired) electrons. The predicted molar refractivity (Wildman–Crippen MR) is 73.4 cm³/mol. The lowest BCUT2D eigenvalue weighted by molar-refractivity contribution is 0.112. The van der Waals surface area contributed by atoms with Crippen LogP contribution < -0.4 is 4.90 Å². The van der Waals surface area contributed by atoms with Crippen LogP contribution in [0.5, 0.6) is 0 Å². The van der Waals surface area contributed by atoms with Crippen molar-refractivity contribution in [2.75, 3.05) is 19.0 Å². The van der Waals surface area contributed by atoms with E-state index in [-0.39, 0.29) is 0 Å². The van der Waals surface area contributed by atoms with Crippen molar-refractivity contribution in [2.45, 2.75) is 20.3 Å². The minimum atomic E-state index is 0.517. The van der Waals surface area contributed by atoms with Crippen LogP contribution >= 0.6 is 0 Å². The Bertz CT molecular complexity index is 570. The van der Waals surface area contributed by atoms with Crippen molar-refractivity contribution in [3.63, 3.8) is 0 Å². The molecule has 0 spiro atoms. The van der Waals surface area contributed by atoms with Crippen LogP contribution in [0.2, 0.25) is 0 Å². The van der Waals surface area contributed by atoms with Gasteiger partial charge in [-0.1, -0.05) is 13.8 Å². The Kier molecular flexibility index (Phi) is 3.36. The van der Waals surface area contributed by atoms with Crippen molar-refractivity contribution in [1.82, 2.24) is 9.38 Å². The molecular formula is C14H19N3O. The van der Waals surface area contributed by atoms with Crippen LogP contribution in [0.1, 0.15) is 30.2 Å². The summed E-state index contributed by atoms with van der Waals surface area (Å²) < 4.78 is 2.01. The quantitative estimate of drug-likeness (QED) is 0.776. The minimum Gasteiger partial charge on any atom is -0.378 e. The maximum atomic E-state index is 11.1. The lowest BCUT2D eigenvalue weighted by Crippen LogP contribution is -2.09. The molecule has 0 saturated heterocycles. The predicted octanol–water partition coefficient (Wildman–Crippen LogP) is 2.41. The number of hydrogen-bond donors (Lipinski definition) is 0. The fourth-order valence-corrected chi connectivity index (χ4v) is 2.04. The molecule has 0 N–H and O–H groups in total. The summed E-state index contributed by atoms with van der Waals surface area (Å²) in [4.78, 5) is 17.6. The summed E-state index contributed by atoms with van der Waals surface area (Å²) >= 11 is 0. The lowest BCUT2D eigenvalue weighted by atomic mass is 10.1. The summed E-state index contributed by atoms with van der Waals surface area (Å²) in [6, 6.07) is 4.04. The molecule has 4 heteroatoms. The second-order valence-electron chi connectivity index (χ2n) is 5.16. The number of fused-ring (bicyclic) bond motifs is 1. The SMILES string of the molecule is CC(C)Cc1nc(C=O)c2cc(N(C)C)ccn12. The smallest absolute Gasteiger partial charge is 0.170 e. The molecule has 4 nitrogen and oxygen atoms in total. The molecule has 2 heterocycles. The number of carbonyl (C=O) groups is 1. The number of anilines is 1. The van der Waals surface area contributed by atoms with Crippen LogP contribution in [0.25, 0.3) is 5.52 Å². The number of aldehydes is 1. The van der Waals surface area contributed by atoms with E-state index in [2.05, 4.69) is 18.8 Å². The van der Waals surface area contributed by atoms with E-state index in [1.165, 1.54) is 0 Å². The van der Waals surface area contributed by atoms with Crippen molar-refractivity contribution < 1.29 is 4.79 Å². The van der Waals surface area contributed by atoms with Crippen LogP contribution in [0.3, 0.4) is 0 Å². The van der Waals surface area contributed by atoms with Crippen molar-refractivity contribution in [3.8, 4) is 0 Å². The maximum absolute atomic E-state index is 11.1. The summed E-state index contributed by atoms with van der Waals surface area (Å²) in [5.74, 6) is 1.47. The van der Waals surface area contributed by atoms with E-state index in [1.54, 1.807) is 0 Å². The molecule has 0 bridgehead atoms. The Labute approximate surface area is 107 Å². The second kappa shape index (κ2) is 4.80. The first-order valence-corrected chi connectivity index (χ1v) is 6.16. The van der Waals surface area contributed by atoms with Gasteiger partial charge in [-0.2, -0.15) is 0 Å². The van der Waals surface area contributed by atoms with Gasteiger partial charge in [0.15, 0.2) is 6.29 Å². The fraction of sp³-hybridized carbons (Fsp3) is 0.429. The van der Waals surface area contributed by atoms with Crippen LogP contribution in [-0.4, -0.2) is 29.8 Å². The summed E-state index contributed by atoms with van der Waals surface area (Å²) in [5, 5.41) is 0. The average Bonchev–Trinajstić information content (AvgIpc) is 2.66. The minimum absolute atomic E-state index is 0.517. The zero-order chi connectivity index (χ0) is 13.3. The fourth-order valence-electron chi connectivity index (χ4n) is 2.04. The standard InChI is InChI=1S/C14H19N3O/c1-10(2)7-14-15-12(9-18)13-8-11(16(3)4)5-6-17(13)14/h5-6,8-10H,7H2,1-4H3. The first kappa shape index (κ1) is 12.6. The summed E-state index contributed by atoms with van der Waals surface area (Å²) in [6.45, 7) is 4.30. The van der Waals surface area contributed by atoms with Crippen LogP contribution in [0, 0.1) is 5.92 Å². The van der Waals surface area contributed by atoms with Gasteiger partial charge in [0.05, 0.1) is 5.52 Å². The van der Waals surface area contributed by atoms with Crippen molar-refractivity contribution in [1.29, 1.82) is 0 Å². The molecule has 18 heavy (non-hydrogen) atoms. The molecule has 2 aromatic rings. The number of pyridine rings is 1. The zero-order valence-electron chi connectivity index (χ0n) is 11.3. The topological polar surface area (TPSA) is 37.6 Å². The monoisotopic (exact) mass is 245 g/mol. The molecule has 2 aromatic heterocycles. The van der Waals surface area contributed by atoms with E-state index in [4.69, 9.17) is 0 Å². The third-order valence-corrected chi connectivity index (χ3v) is 2.95. The Morgan fingerprint density at radius 2 is 2.17 bits per heavy atom. The largest absolute Gasteiger partial charge is 0.378 e. The van der Waals surface area contributed by atoms with E-state index in [0.717, 1.165) is 29.7 Å². The van der Waals surface area contributed by atoms with Gasteiger partial charge < -0.3 is 9.30 Å². The number of rotatable bonds is 4. The molecule has 0 aliphatic heterocycles. The second-order valence-corrected chi connectivity index (χ2v) is 5.16. The first-order chi connectivity index (χ1) is 8.52. The van der Waals surface area contributed by atoms with E-state index in [1.807, 2.05) is 41.7 Å². The first-order valence-electron chi connectivity index (χ1n) is 6.16. The number of imidazole rings is 1. The van der Waals surface area contributed by atoms with Gasteiger partial charge in [0.2, 0.25) is 0 Å². The third-order valence-electron chi connectivity index (χ3n) is 2.95. The highest BCUT2D eigenvalue weighted by Crippen LogP contribution is 2.20. The number of nitrogens with zero attached hydrogens (tertiary/aromatic N) is 3. The molecule has 0 amide bonds. The van der Waals surface area contributed by atoms with Gasteiger partial charge in [-0.05, 0) is 18.1 Å². The van der Waals surface area contributed by atoms with Crippen molar-refractivity contribution in [3.05, 3.63) is 29.8 Å². The maximum Gasteiger partial charge on any atom is 0.170 e. The van der Waals surface area contributed by atoms with E-state index >= 15 is 0 Å². The summed E-state index contributed by atoms with van der Waals surface area (Å²) in [7, 11) is 3.97. The van der Waals surface area contributed by atoms with Gasteiger partial charge in [0.25, 0.3) is 0 Å². The van der Waals surface area contributed by atoms with Crippen LogP contribution in [0.4, 0.5) is 5.69 Å². The Morgan fingerprint density at radius 1 is 1.44 bits per heavy atom. The van der Waals surface area contributed by atoms with Crippen molar-refractivity contribution >= 4 is 17.5 Å². The molecule has 0 aliphatic rings. The number of aromatic nitrogens is 2. The molecule has 0 aromatic carbocycles. The van der Waals surface area contributed by atoms with Crippen LogP contribution in [0.15, 0.2) is 18.3 Å². The zero-order valence-corrected chi connectivity index (χ0v) is 11.3. The van der Waals surface area contributed by atoms with Gasteiger partial charge in [-0.25, -0.2) is 4.98 Å². The van der Waals surface area contributed by atoms with E-state index in [0.29, 0.717) is 11.6 Å². The van der Waals surface area contributed by atoms with E-state index in [9.17, 15) is 4.79 Å². The van der Waals surface area contributed by atoms with Gasteiger partial charge in [0.1, 0.15) is 11.5 Å². The highest BCUT2D eigenvalue weighted by atomic mass is 16.1. The van der Waals surface area contributed by atoms with Gasteiger partial charge in [-0.15, -0.1) is 0 Å². The Hall–Kier alpha value is -1.84. The van der Waals surface area contributed by atoms with Crippen LogP contribution in [-0.2, 0) is 6.42 Å². The summed E-state index contributed by atoms with van der Waals surface area (Å²) in [6.07, 6.45) is 3.69. The summed E-state index contributed by atoms with van der Waals surface area (Å²) in [5.41, 5.74) is 2.47. The molecular weight excluding hydrogens is 226 g/mol. The average molecular weight is 245 g/mol. The van der Waals surface area contributed by atoms with Gasteiger partial charge >= 0.3 is 0 Å². The molecule has 0 saturated carbocycles. The highest BCUT2D eigenvalue weighted by molar-refractivity contribution is 5.85.